The van der Waals surface area contributed by atoms with E-state index >= 15 is 0 Å². The van der Waals surface area contributed by atoms with Gasteiger partial charge < -0.3 is 15.8 Å². The Kier molecular flexibility index (Phi) is 3.88. The number of fused-ring (bicyclic) bond motifs is 1. The van der Waals surface area contributed by atoms with Gasteiger partial charge in [0.1, 0.15) is 0 Å². The molecule has 2 rings (SSSR count). The Labute approximate surface area is 87.7 Å². The fourth-order valence-corrected chi connectivity index (χ4v) is 1.22. The fourth-order valence-electron chi connectivity index (χ4n) is 1.22. The summed E-state index contributed by atoms with van der Waals surface area (Å²) in [5.41, 5.74) is 7.11. The molecule has 0 atom stereocenters. The maximum absolute atomic E-state index is 9.24. The number of benzene rings is 1. The van der Waals surface area contributed by atoms with Gasteiger partial charge in [0.15, 0.2) is 0 Å². The number of aliphatic carboxylic acids is 1. The topological polar surface area (TPSA) is 79.1 Å². The molecule has 4 N–H and O–H groups in total. The largest absolute Gasteiger partial charge is 0.480 e. The Balaban J connectivity index is 0.000000195. The van der Waals surface area contributed by atoms with Crippen molar-refractivity contribution in [1.29, 1.82) is 0 Å². The third kappa shape index (κ3) is 3.11. The van der Waals surface area contributed by atoms with Gasteiger partial charge in [0.2, 0.25) is 0 Å². The molecule has 4 nitrogen and oxygen atoms in total. The summed E-state index contributed by atoms with van der Waals surface area (Å²) >= 11 is 0. The Morgan fingerprint density at radius 3 is 2.60 bits per heavy atom. The maximum Gasteiger partial charge on any atom is 0.317 e. The number of carboxylic acids is 1. The van der Waals surface area contributed by atoms with E-state index < -0.39 is 5.97 Å². The van der Waals surface area contributed by atoms with Gasteiger partial charge in [-0.3, -0.25) is 4.79 Å². The van der Waals surface area contributed by atoms with E-state index in [1.807, 2.05) is 12.3 Å². The first kappa shape index (κ1) is 11.3. The van der Waals surface area contributed by atoms with Gasteiger partial charge in [-0.15, -0.1) is 0 Å². The van der Waals surface area contributed by atoms with Crippen LogP contribution in [-0.2, 0) is 4.79 Å². The Morgan fingerprint density at radius 1 is 1.47 bits per heavy atom. The summed E-state index contributed by atoms with van der Waals surface area (Å²) in [6.07, 6.45) is 2.03. The van der Waals surface area contributed by atoms with Crippen molar-refractivity contribution in [2.75, 3.05) is 6.54 Å². The second-order valence-corrected chi connectivity index (χ2v) is 3.12. The van der Waals surface area contributed by atoms with Crippen LogP contribution >= 0.6 is 0 Å². The predicted molar refractivity (Wildman–Crippen MR) is 59.7 cm³/mol. The Hall–Kier alpha value is -1.81. The highest BCUT2D eigenvalue weighted by Gasteiger charge is 1.94. The molecule has 1 aromatic carbocycles. The van der Waals surface area contributed by atoms with Crippen LogP contribution in [0.1, 0.15) is 5.56 Å². The van der Waals surface area contributed by atoms with E-state index in [4.69, 9.17) is 5.11 Å². The monoisotopic (exact) mass is 206 g/mol. The molecule has 1 aromatic heterocycles. The maximum atomic E-state index is 9.24. The van der Waals surface area contributed by atoms with Crippen LogP contribution in [-0.4, -0.2) is 22.6 Å². The van der Waals surface area contributed by atoms with E-state index in [1.165, 1.54) is 16.5 Å². The second-order valence-electron chi connectivity index (χ2n) is 3.12. The molecule has 0 aliphatic rings. The fraction of sp³-hybridized carbons (Fsp3) is 0.182. The van der Waals surface area contributed by atoms with Gasteiger partial charge >= 0.3 is 5.97 Å². The van der Waals surface area contributed by atoms with Gasteiger partial charge in [-0.25, -0.2) is 0 Å². The normalized spacial score (nSPS) is 9.47. The zero-order valence-electron chi connectivity index (χ0n) is 8.53. The number of aromatic amines is 1. The van der Waals surface area contributed by atoms with Crippen molar-refractivity contribution in [3.8, 4) is 0 Å². The van der Waals surface area contributed by atoms with E-state index in [0.717, 1.165) is 0 Å². The SMILES string of the molecule is Cc1c[nH]c2ccccc12.NCC(=O)O. The molecule has 0 radical (unpaired) electrons. The van der Waals surface area contributed by atoms with Crippen LogP contribution in [0.2, 0.25) is 0 Å². The molecule has 0 amide bonds. The number of H-pyrrole nitrogens is 1. The molecule has 0 bridgehead atoms. The average molecular weight is 206 g/mol. The van der Waals surface area contributed by atoms with Gasteiger partial charge in [0, 0.05) is 17.1 Å². The number of carboxylic acid groups (broad SMARTS) is 1. The van der Waals surface area contributed by atoms with Crippen molar-refractivity contribution >= 4 is 16.9 Å². The molecule has 1 heterocycles. The first-order valence-corrected chi connectivity index (χ1v) is 4.59. The van der Waals surface area contributed by atoms with Gasteiger partial charge in [-0.1, -0.05) is 18.2 Å². The van der Waals surface area contributed by atoms with Crippen molar-refractivity contribution in [3.05, 3.63) is 36.0 Å². The highest BCUT2D eigenvalue weighted by molar-refractivity contribution is 5.82. The molecule has 80 valence electrons. The lowest BCUT2D eigenvalue weighted by atomic mass is 10.2. The third-order valence-electron chi connectivity index (χ3n) is 1.97. The number of carbonyl (C=O) groups is 1. The van der Waals surface area contributed by atoms with Crippen molar-refractivity contribution in [2.45, 2.75) is 6.92 Å². The smallest absolute Gasteiger partial charge is 0.317 e. The Bertz CT molecular complexity index is 449. The summed E-state index contributed by atoms with van der Waals surface area (Å²) in [4.78, 5) is 12.4. The number of nitrogens with two attached hydrogens (primary N) is 1. The summed E-state index contributed by atoms with van der Waals surface area (Å²) in [6, 6.07) is 8.31. The molecule has 2 aromatic rings. The van der Waals surface area contributed by atoms with Crippen LogP contribution in [0.4, 0.5) is 0 Å². The highest BCUT2D eigenvalue weighted by Crippen LogP contribution is 2.15. The van der Waals surface area contributed by atoms with E-state index in [1.54, 1.807) is 0 Å². The lowest BCUT2D eigenvalue weighted by Gasteiger charge is -1.86. The highest BCUT2D eigenvalue weighted by atomic mass is 16.4. The van der Waals surface area contributed by atoms with Crippen LogP contribution < -0.4 is 5.73 Å². The zero-order valence-corrected chi connectivity index (χ0v) is 8.53. The lowest BCUT2D eigenvalue weighted by molar-refractivity contribution is -0.135. The van der Waals surface area contributed by atoms with E-state index in [9.17, 15) is 4.79 Å². The first-order valence-electron chi connectivity index (χ1n) is 4.59. The van der Waals surface area contributed by atoms with Crippen LogP contribution in [0.15, 0.2) is 30.5 Å². The second kappa shape index (κ2) is 5.17. The minimum atomic E-state index is -0.968. The van der Waals surface area contributed by atoms with Crippen LogP contribution in [0, 0.1) is 6.92 Å². The van der Waals surface area contributed by atoms with E-state index in [2.05, 4.69) is 35.8 Å². The van der Waals surface area contributed by atoms with Gasteiger partial charge in [0.05, 0.1) is 6.54 Å². The summed E-state index contributed by atoms with van der Waals surface area (Å²) in [5, 5.41) is 8.92. The molecule has 15 heavy (non-hydrogen) atoms. The van der Waals surface area contributed by atoms with Crippen LogP contribution in [0.5, 0.6) is 0 Å². The van der Waals surface area contributed by atoms with Crippen molar-refractivity contribution in [3.63, 3.8) is 0 Å². The summed E-state index contributed by atoms with van der Waals surface area (Å²) in [5.74, 6) is -0.968. The third-order valence-corrected chi connectivity index (χ3v) is 1.97. The molecule has 4 heteroatoms. The van der Waals surface area contributed by atoms with Crippen molar-refractivity contribution in [1.82, 2.24) is 4.98 Å². The molecular formula is C11H14N2O2. The number of hydrogen-bond donors (Lipinski definition) is 3. The molecule has 0 aliphatic carbocycles. The standard InChI is InChI=1S/C9H9N.C2H5NO2/c1-7-6-10-9-5-3-2-4-8(7)9;3-1-2(4)5/h2-6,10H,1H3;1,3H2,(H,4,5). The van der Waals surface area contributed by atoms with Crippen molar-refractivity contribution < 1.29 is 9.90 Å². The summed E-state index contributed by atoms with van der Waals surface area (Å²) < 4.78 is 0. The van der Waals surface area contributed by atoms with Crippen LogP contribution in [0.3, 0.4) is 0 Å². The molecule has 0 unspecified atom stereocenters. The Morgan fingerprint density at radius 2 is 2.07 bits per heavy atom. The summed E-state index contributed by atoms with van der Waals surface area (Å²) in [6.45, 7) is 1.83. The number of aromatic nitrogens is 1. The number of para-hydroxylation sites is 1. The molecular weight excluding hydrogens is 192 g/mol. The molecule has 0 fully saturated rings. The van der Waals surface area contributed by atoms with E-state index in [0.29, 0.717) is 0 Å². The quantitative estimate of drug-likeness (QED) is 0.661. The minimum Gasteiger partial charge on any atom is -0.480 e. The molecule has 0 saturated heterocycles. The lowest BCUT2D eigenvalue weighted by Crippen LogP contribution is -2.10. The molecule has 0 spiro atoms. The number of rotatable bonds is 1. The average Bonchev–Trinajstić information content (AvgIpc) is 2.62. The molecule has 0 saturated carbocycles. The predicted octanol–water partition coefficient (Wildman–Crippen LogP) is 1.51. The number of hydrogen-bond acceptors (Lipinski definition) is 2. The van der Waals surface area contributed by atoms with Crippen molar-refractivity contribution in [2.24, 2.45) is 5.73 Å². The first-order chi connectivity index (χ1) is 7.15. The van der Waals surface area contributed by atoms with Gasteiger partial charge in [0.25, 0.3) is 0 Å². The van der Waals surface area contributed by atoms with Gasteiger partial charge in [-0.05, 0) is 18.6 Å². The molecule has 0 aliphatic heterocycles. The summed E-state index contributed by atoms with van der Waals surface area (Å²) in [7, 11) is 0. The zero-order chi connectivity index (χ0) is 11.3. The van der Waals surface area contributed by atoms with Crippen LogP contribution in [0.25, 0.3) is 10.9 Å². The number of aryl methyl sites for hydroxylation is 1. The minimum absolute atomic E-state index is 0.278. The van der Waals surface area contributed by atoms with Gasteiger partial charge in [-0.2, -0.15) is 0 Å². The van der Waals surface area contributed by atoms with E-state index in [-0.39, 0.29) is 6.54 Å². The number of nitrogens with one attached hydrogen (secondary N) is 1.